The number of nitrogens with two attached hydrogens (primary N) is 2. The van der Waals surface area contributed by atoms with Gasteiger partial charge in [0.15, 0.2) is 0 Å². The number of rotatable bonds is 4. The number of ether oxygens (including phenoxy) is 1. The molecule has 0 aliphatic carbocycles. The quantitative estimate of drug-likeness (QED) is 0.137. The monoisotopic (exact) mass is 191 g/mol. The lowest BCUT2D eigenvalue weighted by Crippen LogP contribution is -2.39. The molecule has 1 amide bonds. The van der Waals surface area contributed by atoms with E-state index in [1.54, 1.807) is 5.43 Å². The molecule has 0 saturated heterocycles. The molecule has 1 unspecified atom stereocenters. The van der Waals surface area contributed by atoms with Crippen LogP contribution >= 0.6 is 0 Å². The normalized spacial score (nSPS) is 11.9. The topological polar surface area (TPSA) is 128 Å². The lowest BCUT2D eigenvalue weighted by Gasteiger charge is -2.08. The van der Waals surface area contributed by atoms with E-state index in [1.165, 1.54) is 0 Å². The fourth-order valence-electron chi connectivity index (χ4n) is 0.626. The average Bonchev–Trinajstić information content (AvgIpc) is 2.13. The maximum absolute atomic E-state index is 10.9. The molecule has 0 aliphatic heterocycles. The fraction of sp³-hybridized carbons (Fsp3) is 0.667. The van der Waals surface area contributed by atoms with E-state index in [0.29, 0.717) is 6.42 Å². The Bertz CT molecular complexity index is 185. The van der Waals surface area contributed by atoms with Gasteiger partial charge >= 0.3 is 12.1 Å². The molecule has 0 aromatic heterocycles. The Morgan fingerprint density at radius 1 is 1.54 bits per heavy atom. The highest BCUT2D eigenvalue weighted by atomic mass is 16.6. The van der Waals surface area contributed by atoms with Crippen LogP contribution in [0.2, 0.25) is 0 Å². The predicted octanol–water partition coefficient (Wildman–Crippen LogP) is -1.79. The summed E-state index contributed by atoms with van der Waals surface area (Å²) in [5.74, 6) is 3.80. The molecule has 6 N–H and O–H groups in total. The van der Waals surface area contributed by atoms with Gasteiger partial charge < -0.3 is 15.6 Å². The minimum absolute atomic E-state index is 0.0654. The van der Waals surface area contributed by atoms with E-state index in [1.807, 2.05) is 0 Å². The Kier molecular flexibility index (Phi) is 5.77. The Morgan fingerprint density at radius 2 is 2.15 bits per heavy atom. The molecule has 0 aromatic rings. The Morgan fingerprint density at radius 3 is 2.62 bits per heavy atom. The van der Waals surface area contributed by atoms with Gasteiger partial charge in [-0.1, -0.05) is 0 Å². The molecule has 0 fully saturated rings. The first kappa shape index (κ1) is 11.8. The van der Waals surface area contributed by atoms with Gasteiger partial charge in [0.2, 0.25) is 0 Å². The molecule has 1 atom stereocenters. The molecule has 0 spiro atoms. The van der Waals surface area contributed by atoms with E-state index >= 15 is 0 Å². The van der Waals surface area contributed by atoms with E-state index in [-0.39, 0.29) is 13.0 Å². The Hall–Kier alpha value is -1.18. The molecule has 0 heterocycles. The number of hydrogen-bond acceptors (Lipinski definition) is 6. The minimum atomic E-state index is -1.05. The van der Waals surface area contributed by atoms with Gasteiger partial charge in [-0.15, -0.1) is 0 Å². The smallest absolute Gasteiger partial charge is 0.396 e. The molecule has 0 radical (unpaired) electrons. The van der Waals surface area contributed by atoms with Crippen LogP contribution in [-0.2, 0) is 9.53 Å². The maximum atomic E-state index is 10.9. The molecule has 0 aliphatic rings. The molecule has 0 aromatic carbocycles. The molecule has 76 valence electrons. The number of nitrogens with one attached hydrogen (secondary N) is 1. The van der Waals surface area contributed by atoms with Crippen LogP contribution in [0.25, 0.3) is 0 Å². The van der Waals surface area contributed by atoms with Crippen molar-refractivity contribution in [3.8, 4) is 0 Å². The van der Waals surface area contributed by atoms with Crippen LogP contribution < -0.4 is 17.0 Å². The SMILES string of the molecule is NNC(=O)OC(=O)C(N)CCCO. The second kappa shape index (κ2) is 6.35. The lowest BCUT2D eigenvalue weighted by molar-refractivity contribution is -0.139. The number of aliphatic hydroxyl groups excluding tert-OH is 1. The second-order valence-electron chi connectivity index (χ2n) is 2.33. The molecule has 7 heteroatoms. The van der Waals surface area contributed by atoms with Crippen LogP contribution in [-0.4, -0.2) is 29.8 Å². The van der Waals surface area contributed by atoms with Crippen LogP contribution in [0.15, 0.2) is 0 Å². The summed E-state index contributed by atoms with van der Waals surface area (Å²) in [6, 6.07) is -0.913. The van der Waals surface area contributed by atoms with E-state index < -0.39 is 18.1 Å². The van der Waals surface area contributed by atoms with Gasteiger partial charge in [-0.25, -0.2) is 15.4 Å². The molecular weight excluding hydrogens is 178 g/mol. The summed E-state index contributed by atoms with van der Waals surface area (Å²) in [6.07, 6.45) is -0.419. The van der Waals surface area contributed by atoms with Crippen molar-refractivity contribution in [3.05, 3.63) is 0 Å². The fourth-order valence-corrected chi connectivity index (χ4v) is 0.626. The van der Waals surface area contributed by atoms with Gasteiger partial charge in [0, 0.05) is 6.61 Å². The highest BCUT2D eigenvalue weighted by Gasteiger charge is 2.17. The molecule has 7 nitrogen and oxygen atoms in total. The number of aliphatic hydroxyl groups is 1. The van der Waals surface area contributed by atoms with Crippen molar-refractivity contribution in [1.82, 2.24) is 5.43 Å². The largest absolute Gasteiger partial charge is 0.429 e. The van der Waals surface area contributed by atoms with Crippen molar-refractivity contribution < 1.29 is 19.4 Å². The third-order valence-corrected chi connectivity index (χ3v) is 1.29. The van der Waals surface area contributed by atoms with E-state index in [2.05, 4.69) is 10.6 Å². The highest BCUT2D eigenvalue weighted by molar-refractivity contribution is 5.87. The number of esters is 1. The van der Waals surface area contributed by atoms with Gasteiger partial charge in [-0.2, -0.15) is 0 Å². The zero-order valence-electron chi connectivity index (χ0n) is 7.03. The van der Waals surface area contributed by atoms with Gasteiger partial charge in [-0.3, -0.25) is 5.43 Å². The summed E-state index contributed by atoms with van der Waals surface area (Å²) in [4.78, 5) is 21.3. The number of hydrogen-bond donors (Lipinski definition) is 4. The summed E-state index contributed by atoms with van der Waals surface area (Å²) in [7, 11) is 0. The van der Waals surface area contributed by atoms with Crippen molar-refractivity contribution in [1.29, 1.82) is 0 Å². The standard InChI is InChI=1S/C6H13N3O4/c7-4(2-1-3-10)5(11)13-6(12)9-8/h4,10H,1-3,7-8H2,(H,9,12). The third kappa shape index (κ3) is 5.12. The zero-order valence-corrected chi connectivity index (χ0v) is 7.03. The van der Waals surface area contributed by atoms with E-state index in [4.69, 9.17) is 10.8 Å². The van der Waals surface area contributed by atoms with Gasteiger partial charge in [0.05, 0.1) is 0 Å². The van der Waals surface area contributed by atoms with Crippen molar-refractivity contribution in [3.63, 3.8) is 0 Å². The summed E-state index contributed by atoms with van der Waals surface area (Å²) >= 11 is 0. The van der Waals surface area contributed by atoms with Gasteiger partial charge in [-0.05, 0) is 12.8 Å². The van der Waals surface area contributed by atoms with Crippen molar-refractivity contribution >= 4 is 12.1 Å². The van der Waals surface area contributed by atoms with Crippen LogP contribution in [0.3, 0.4) is 0 Å². The highest BCUT2D eigenvalue weighted by Crippen LogP contribution is 1.96. The molecule has 0 bridgehead atoms. The Balaban J connectivity index is 3.75. The summed E-state index contributed by atoms with van der Waals surface area (Å²) in [6.45, 7) is -0.0654. The lowest BCUT2D eigenvalue weighted by atomic mass is 10.2. The summed E-state index contributed by atoms with van der Waals surface area (Å²) < 4.78 is 4.14. The number of hydrazine groups is 1. The van der Waals surface area contributed by atoms with Crippen LogP contribution in [0, 0.1) is 0 Å². The molecule has 0 saturated carbocycles. The summed E-state index contributed by atoms with van der Waals surface area (Å²) in [5.41, 5.74) is 6.92. The van der Waals surface area contributed by atoms with Crippen LogP contribution in [0.4, 0.5) is 4.79 Å². The first-order chi connectivity index (χ1) is 6.11. The molecule has 0 rings (SSSR count). The maximum Gasteiger partial charge on any atom is 0.429 e. The van der Waals surface area contributed by atoms with E-state index in [0.717, 1.165) is 0 Å². The first-order valence-electron chi connectivity index (χ1n) is 3.70. The Labute approximate surface area is 75.0 Å². The number of carbonyl (C=O) groups excluding carboxylic acids is 2. The number of carbonyl (C=O) groups is 2. The minimum Gasteiger partial charge on any atom is -0.396 e. The predicted molar refractivity (Wildman–Crippen MR) is 43.1 cm³/mol. The molecular formula is C6H13N3O4. The average molecular weight is 191 g/mol. The second-order valence-corrected chi connectivity index (χ2v) is 2.33. The van der Waals surface area contributed by atoms with Crippen molar-refractivity contribution in [2.75, 3.05) is 6.61 Å². The first-order valence-corrected chi connectivity index (χ1v) is 3.70. The summed E-state index contributed by atoms with van der Waals surface area (Å²) in [5, 5.41) is 8.42. The van der Waals surface area contributed by atoms with Gasteiger partial charge in [0.1, 0.15) is 6.04 Å². The van der Waals surface area contributed by atoms with Crippen molar-refractivity contribution in [2.45, 2.75) is 18.9 Å². The number of amides is 1. The van der Waals surface area contributed by atoms with Crippen LogP contribution in [0.1, 0.15) is 12.8 Å². The van der Waals surface area contributed by atoms with Crippen molar-refractivity contribution in [2.24, 2.45) is 11.6 Å². The van der Waals surface area contributed by atoms with E-state index in [9.17, 15) is 9.59 Å². The third-order valence-electron chi connectivity index (χ3n) is 1.29. The zero-order chi connectivity index (χ0) is 10.3. The molecule has 13 heavy (non-hydrogen) atoms. The van der Waals surface area contributed by atoms with Crippen LogP contribution in [0.5, 0.6) is 0 Å². The van der Waals surface area contributed by atoms with Gasteiger partial charge in [0.25, 0.3) is 0 Å².